The average molecular weight is 258 g/mol. The largest absolute Gasteiger partial charge is 0.344 e. The van der Waals surface area contributed by atoms with Gasteiger partial charge in [-0.2, -0.15) is 12.6 Å². The zero-order valence-electron chi connectivity index (χ0n) is 10.6. The molecule has 98 valence electrons. The minimum Gasteiger partial charge on any atom is -0.344 e. The molecule has 0 aliphatic carbocycles. The van der Waals surface area contributed by atoms with Crippen LogP contribution in [0.25, 0.3) is 0 Å². The highest BCUT2D eigenvalue weighted by molar-refractivity contribution is 7.80. The van der Waals surface area contributed by atoms with E-state index in [1.165, 1.54) is 13.3 Å². The van der Waals surface area contributed by atoms with Gasteiger partial charge in [-0.15, -0.1) is 0 Å². The van der Waals surface area contributed by atoms with Crippen LogP contribution in [0.15, 0.2) is 0 Å². The molecule has 0 bridgehead atoms. The van der Waals surface area contributed by atoms with Gasteiger partial charge in [0.2, 0.25) is 11.8 Å². The second kappa shape index (κ2) is 6.89. The van der Waals surface area contributed by atoms with Crippen LogP contribution >= 0.6 is 12.6 Å². The SMILES string of the molecule is CCC1CCN(C(=O)C(CS)NC(C)=O)CC1. The van der Waals surface area contributed by atoms with Crippen LogP contribution in [0.5, 0.6) is 0 Å². The van der Waals surface area contributed by atoms with Gasteiger partial charge in [0.15, 0.2) is 0 Å². The molecule has 1 aliphatic heterocycles. The molecule has 1 saturated heterocycles. The van der Waals surface area contributed by atoms with E-state index in [9.17, 15) is 9.59 Å². The van der Waals surface area contributed by atoms with Crippen LogP contribution in [0.2, 0.25) is 0 Å². The Kier molecular flexibility index (Phi) is 5.82. The molecule has 4 nitrogen and oxygen atoms in total. The van der Waals surface area contributed by atoms with Gasteiger partial charge in [-0.1, -0.05) is 13.3 Å². The van der Waals surface area contributed by atoms with Crippen LogP contribution < -0.4 is 5.32 Å². The van der Waals surface area contributed by atoms with Gasteiger partial charge in [0, 0.05) is 25.8 Å². The molecule has 1 unspecified atom stereocenters. The lowest BCUT2D eigenvalue weighted by atomic mass is 9.94. The third-order valence-corrected chi connectivity index (χ3v) is 3.73. The van der Waals surface area contributed by atoms with Crippen LogP contribution in [0.3, 0.4) is 0 Å². The Hall–Kier alpha value is -0.710. The quantitative estimate of drug-likeness (QED) is 0.741. The van der Waals surface area contributed by atoms with Crippen molar-refractivity contribution in [3.63, 3.8) is 0 Å². The number of piperidine rings is 1. The van der Waals surface area contributed by atoms with Gasteiger partial charge in [-0.25, -0.2) is 0 Å². The first-order chi connectivity index (χ1) is 8.08. The van der Waals surface area contributed by atoms with Crippen LogP contribution in [0.1, 0.15) is 33.1 Å². The van der Waals surface area contributed by atoms with Crippen molar-refractivity contribution in [1.82, 2.24) is 10.2 Å². The van der Waals surface area contributed by atoms with Gasteiger partial charge in [0.05, 0.1) is 0 Å². The summed E-state index contributed by atoms with van der Waals surface area (Å²) in [6.45, 7) is 5.23. The van der Waals surface area contributed by atoms with Gasteiger partial charge in [0.25, 0.3) is 0 Å². The Morgan fingerprint density at radius 2 is 2.00 bits per heavy atom. The molecule has 0 spiro atoms. The standard InChI is InChI=1S/C12H22N2O2S/c1-3-10-4-6-14(7-5-10)12(16)11(8-17)13-9(2)15/h10-11,17H,3-8H2,1-2H3,(H,13,15). The summed E-state index contributed by atoms with van der Waals surface area (Å²) >= 11 is 4.12. The number of rotatable bonds is 4. The Bertz CT molecular complexity index is 276. The van der Waals surface area contributed by atoms with E-state index in [1.807, 2.05) is 4.90 Å². The lowest BCUT2D eigenvalue weighted by Gasteiger charge is -2.33. The van der Waals surface area contributed by atoms with E-state index in [-0.39, 0.29) is 11.8 Å². The first-order valence-corrected chi connectivity index (χ1v) is 6.88. The predicted octanol–water partition coefficient (Wildman–Crippen LogP) is 1.07. The number of likely N-dealkylation sites (tertiary alicyclic amines) is 1. The summed E-state index contributed by atoms with van der Waals surface area (Å²) in [6.07, 6.45) is 3.33. The molecular formula is C12H22N2O2S. The molecule has 5 heteroatoms. The van der Waals surface area contributed by atoms with Crippen molar-refractivity contribution in [2.24, 2.45) is 5.92 Å². The summed E-state index contributed by atoms with van der Waals surface area (Å²) in [6, 6.07) is -0.478. The second-order valence-corrected chi connectivity index (χ2v) is 4.98. The van der Waals surface area contributed by atoms with Crippen molar-refractivity contribution in [2.75, 3.05) is 18.8 Å². The molecule has 1 N–H and O–H groups in total. The van der Waals surface area contributed by atoms with Gasteiger partial charge in [0.1, 0.15) is 6.04 Å². The lowest BCUT2D eigenvalue weighted by molar-refractivity contribution is -0.136. The Morgan fingerprint density at radius 1 is 1.41 bits per heavy atom. The molecule has 17 heavy (non-hydrogen) atoms. The molecular weight excluding hydrogens is 236 g/mol. The summed E-state index contributed by atoms with van der Waals surface area (Å²) in [4.78, 5) is 25.0. The van der Waals surface area contributed by atoms with Crippen molar-refractivity contribution >= 4 is 24.4 Å². The molecule has 1 aliphatic rings. The molecule has 1 fully saturated rings. The van der Waals surface area contributed by atoms with Crippen LogP contribution in [-0.4, -0.2) is 41.6 Å². The molecule has 1 heterocycles. The summed E-state index contributed by atoms with van der Waals surface area (Å²) in [5.41, 5.74) is 0. The number of nitrogens with zero attached hydrogens (tertiary/aromatic N) is 1. The predicted molar refractivity (Wildman–Crippen MR) is 71.1 cm³/mol. The number of carbonyl (C=O) groups is 2. The summed E-state index contributed by atoms with van der Waals surface area (Å²) in [7, 11) is 0. The summed E-state index contributed by atoms with van der Waals surface area (Å²) in [5.74, 6) is 0.923. The number of hydrogen-bond acceptors (Lipinski definition) is 3. The van der Waals surface area contributed by atoms with Crippen LogP contribution in [-0.2, 0) is 9.59 Å². The van der Waals surface area contributed by atoms with E-state index >= 15 is 0 Å². The highest BCUT2D eigenvalue weighted by Gasteiger charge is 2.27. The number of amides is 2. The first kappa shape index (κ1) is 14.4. The minimum absolute atomic E-state index is 0.00440. The van der Waals surface area contributed by atoms with Crippen LogP contribution in [0, 0.1) is 5.92 Å². The highest BCUT2D eigenvalue weighted by atomic mass is 32.1. The van der Waals surface area contributed by atoms with Gasteiger partial charge in [-0.3, -0.25) is 9.59 Å². The van der Waals surface area contributed by atoms with Crippen LogP contribution in [0.4, 0.5) is 0 Å². The van der Waals surface area contributed by atoms with E-state index in [0.717, 1.165) is 31.8 Å². The third-order valence-electron chi connectivity index (χ3n) is 3.36. The van der Waals surface area contributed by atoms with E-state index in [1.54, 1.807) is 0 Å². The molecule has 0 aromatic carbocycles. The zero-order chi connectivity index (χ0) is 12.8. The molecule has 0 aromatic heterocycles. The van der Waals surface area contributed by atoms with E-state index in [4.69, 9.17) is 0 Å². The van der Waals surface area contributed by atoms with Gasteiger partial charge < -0.3 is 10.2 Å². The van der Waals surface area contributed by atoms with Crippen molar-refractivity contribution in [3.05, 3.63) is 0 Å². The van der Waals surface area contributed by atoms with Crippen molar-refractivity contribution in [1.29, 1.82) is 0 Å². The normalized spacial score (nSPS) is 18.9. The third kappa shape index (κ3) is 4.22. The topological polar surface area (TPSA) is 49.4 Å². The molecule has 2 amide bonds. The number of nitrogens with one attached hydrogen (secondary N) is 1. The van der Waals surface area contributed by atoms with Crippen molar-refractivity contribution in [2.45, 2.75) is 39.2 Å². The summed E-state index contributed by atoms with van der Waals surface area (Å²) in [5, 5.41) is 2.65. The maximum absolute atomic E-state index is 12.1. The van der Waals surface area contributed by atoms with Crippen molar-refractivity contribution in [3.8, 4) is 0 Å². The van der Waals surface area contributed by atoms with E-state index in [0.29, 0.717) is 5.75 Å². The lowest BCUT2D eigenvalue weighted by Crippen LogP contribution is -2.51. The minimum atomic E-state index is -0.478. The smallest absolute Gasteiger partial charge is 0.245 e. The number of thiol groups is 1. The monoisotopic (exact) mass is 258 g/mol. The van der Waals surface area contributed by atoms with Crippen molar-refractivity contribution < 1.29 is 9.59 Å². The fourth-order valence-electron chi connectivity index (χ4n) is 2.21. The maximum atomic E-state index is 12.1. The molecule has 0 aromatic rings. The second-order valence-electron chi connectivity index (χ2n) is 4.61. The van der Waals surface area contributed by atoms with Gasteiger partial charge in [-0.05, 0) is 18.8 Å². The Morgan fingerprint density at radius 3 is 2.41 bits per heavy atom. The fraction of sp³-hybridized carbons (Fsp3) is 0.833. The number of hydrogen-bond donors (Lipinski definition) is 2. The first-order valence-electron chi connectivity index (χ1n) is 6.25. The Balaban J connectivity index is 2.48. The zero-order valence-corrected chi connectivity index (χ0v) is 11.5. The molecule has 0 radical (unpaired) electrons. The Labute approximate surface area is 109 Å². The molecule has 1 atom stereocenters. The average Bonchev–Trinajstić information content (AvgIpc) is 2.35. The maximum Gasteiger partial charge on any atom is 0.245 e. The summed E-state index contributed by atoms with van der Waals surface area (Å²) < 4.78 is 0. The molecule has 0 saturated carbocycles. The highest BCUT2D eigenvalue weighted by Crippen LogP contribution is 2.20. The van der Waals surface area contributed by atoms with E-state index < -0.39 is 6.04 Å². The molecule has 1 rings (SSSR count). The van der Waals surface area contributed by atoms with Gasteiger partial charge >= 0.3 is 0 Å². The van der Waals surface area contributed by atoms with E-state index in [2.05, 4.69) is 24.9 Å². The fourth-order valence-corrected chi connectivity index (χ4v) is 2.46. The number of carbonyl (C=O) groups excluding carboxylic acids is 2.